The van der Waals surface area contributed by atoms with Gasteiger partial charge in [0.05, 0.1) is 11.4 Å². The number of hydrogen-bond donors (Lipinski definition) is 1. The Morgan fingerprint density at radius 2 is 1.74 bits per heavy atom. The summed E-state index contributed by atoms with van der Waals surface area (Å²) in [5.74, 6) is -2.05. The van der Waals surface area contributed by atoms with Crippen LogP contribution in [0.5, 0.6) is 11.5 Å². The Morgan fingerprint density at radius 1 is 1.09 bits per heavy atom. The molecule has 0 saturated heterocycles. The largest absolute Gasteiger partial charge is 0.573 e. The van der Waals surface area contributed by atoms with Crippen LogP contribution in [0, 0.1) is 6.92 Å². The van der Waals surface area contributed by atoms with Gasteiger partial charge < -0.3 is 14.6 Å². The highest BCUT2D eigenvalue weighted by atomic mass is 19.4. The molecule has 6 nitrogen and oxygen atoms in total. The molecule has 0 spiro atoms. The Balaban J connectivity index is 1.71. The standard InChI is InChI=1S/C25H24F3NO5/c1-14(24(32)33-18-5-3-4-6-18)22-15(2)29(21-12-9-17(30)13-20(21)22)23(31)16-7-10-19(11-8-16)34-25(26,27)28/h7-14,18,30H,3-6H2,1-2H3. The zero-order valence-electron chi connectivity index (χ0n) is 18.7. The summed E-state index contributed by atoms with van der Waals surface area (Å²) in [4.78, 5) is 26.3. The van der Waals surface area contributed by atoms with Crippen LogP contribution in [0.3, 0.4) is 0 Å². The van der Waals surface area contributed by atoms with Gasteiger partial charge in [0.15, 0.2) is 0 Å². The third kappa shape index (κ3) is 4.73. The number of alkyl halides is 3. The number of esters is 1. The quantitative estimate of drug-likeness (QED) is 0.470. The van der Waals surface area contributed by atoms with Gasteiger partial charge in [0.25, 0.3) is 5.91 Å². The molecule has 0 amide bonds. The van der Waals surface area contributed by atoms with Crippen LogP contribution in [-0.2, 0) is 9.53 Å². The van der Waals surface area contributed by atoms with Crippen molar-refractivity contribution in [3.05, 3.63) is 59.3 Å². The third-order valence-electron chi connectivity index (χ3n) is 6.15. The van der Waals surface area contributed by atoms with Crippen LogP contribution < -0.4 is 4.74 Å². The van der Waals surface area contributed by atoms with Crippen molar-refractivity contribution in [3.8, 4) is 11.5 Å². The van der Waals surface area contributed by atoms with Gasteiger partial charge in [0.2, 0.25) is 0 Å². The summed E-state index contributed by atoms with van der Waals surface area (Å²) in [5.41, 5.74) is 1.64. The fraction of sp³-hybridized carbons (Fsp3) is 0.360. The number of aromatic hydroxyl groups is 1. The zero-order chi connectivity index (χ0) is 24.6. The van der Waals surface area contributed by atoms with E-state index >= 15 is 0 Å². The molecule has 2 aromatic carbocycles. The van der Waals surface area contributed by atoms with Crippen LogP contribution in [0.25, 0.3) is 10.9 Å². The number of hydrogen-bond acceptors (Lipinski definition) is 5. The van der Waals surface area contributed by atoms with E-state index in [0.717, 1.165) is 37.8 Å². The second kappa shape index (κ2) is 9.04. The average Bonchev–Trinajstić information content (AvgIpc) is 3.37. The summed E-state index contributed by atoms with van der Waals surface area (Å²) >= 11 is 0. The van der Waals surface area contributed by atoms with E-state index in [1.807, 2.05) is 0 Å². The van der Waals surface area contributed by atoms with Crippen molar-refractivity contribution in [1.82, 2.24) is 4.57 Å². The van der Waals surface area contributed by atoms with Gasteiger partial charge in [-0.1, -0.05) is 0 Å². The fourth-order valence-corrected chi connectivity index (χ4v) is 4.56. The Hall–Kier alpha value is -3.49. The third-order valence-corrected chi connectivity index (χ3v) is 6.15. The van der Waals surface area contributed by atoms with Gasteiger partial charge in [-0.05, 0) is 87.6 Å². The summed E-state index contributed by atoms with van der Waals surface area (Å²) in [6, 6.07) is 9.10. The average molecular weight is 475 g/mol. The summed E-state index contributed by atoms with van der Waals surface area (Å²) in [6.45, 7) is 3.38. The van der Waals surface area contributed by atoms with E-state index in [1.54, 1.807) is 19.9 Å². The summed E-state index contributed by atoms with van der Waals surface area (Å²) in [6.07, 6.45) is -1.27. The van der Waals surface area contributed by atoms with Crippen molar-refractivity contribution in [2.75, 3.05) is 0 Å². The van der Waals surface area contributed by atoms with E-state index in [9.17, 15) is 27.9 Å². The lowest BCUT2D eigenvalue weighted by Gasteiger charge is -2.17. The monoisotopic (exact) mass is 475 g/mol. The van der Waals surface area contributed by atoms with Gasteiger partial charge in [0.1, 0.15) is 17.6 Å². The predicted octanol–water partition coefficient (Wildman–Crippen LogP) is 5.83. The van der Waals surface area contributed by atoms with E-state index < -0.39 is 29.9 Å². The van der Waals surface area contributed by atoms with Crippen molar-refractivity contribution >= 4 is 22.8 Å². The van der Waals surface area contributed by atoms with E-state index in [4.69, 9.17) is 4.74 Å². The lowest BCUT2D eigenvalue weighted by molar-refractivity contribution is -0.274. The van der Waals surface area contributed by atoms with Crippen LogP contribution in [-0.4, -0.2) is 34.0 Å². The van der Waals surface area contributed by atoms with Gasteiger partial charge >= 0.3 is 12.3 Å². The molecule has 1 aromatic heterocycles. The molecule has 1 N–H and O–H groups in total. The molecule has 0 radical (unpaired) electrons. The molecule has 180 valence electrons. The van der Waals surface area contributed by atoms with Gasteiger partial charge in [0, 0.05) is 16.6 Å². The van der Waals surface area contributed by atoms with Crippen LogP contribution >= 0.6 is 0 Å². The minimum absolute atomic E-state index is 0.0247. The summed E-state index contributed by atoms with van der Waals surface area (Å²) in [5, 5.41) is 10.6. The van der Waals surface area contributed by atoms with Gasteiger partial charge in [-0.15, -0.1) is 13.2 Å². The molecule has 4 rings (SSSR count). The van der Waals surface area contributed by atoms with Gasteiger partial charge in [-0.2, -0.15) is 0 Å². The minimum Gasteiger partial charge on any atom is -0.508 e. The summed E-state index contributed by atoms with van der Waals surface area (Å²) in [7, 11) is 0. The fourth-order valence-electron chi connectivity index (χ4n) is 4.56. The zero-order valence-corrected chi connectivity index (χ0v) is 18.7. The van der Waals surface area contributed by atoms with Crippen molar-refractivity contribution in [2.24, 2.45) is 0 Å². The van der Waals surface area contributed by atoms with Crippen molar-refractivity contribution in [3.63, 3.8) is 0 Å². The second-order valence-electron chi connectivity index (χ2n) is 8.48. The predicted molar refractivity (Wildman–Crippen MR) is 118 cm³/mol. The van der Waals surface area contributed by atoms with Crippen LogP contribution in [0.2, 0.25) is 0 Å². The van der Waals surface area contributed by atoms with Crippen LogP contribution in [0.4, 0.5) is 13.2 Å². The highest BCUT2D eigenvalue weighted by molar-refractivity contribution is 6.05. The molecule has 1 saturated carbocycles. The van der Waals surface area contributed by atoms with Crippen molar-refractivity contribution < 1.29 is 37.3 Å². The van der Waals surface area contributed by atoms with Crippen molar-refractivity contribution in [1.29, 1.82) is 0 Å². The molecule has 1 atom stereocenters. The molecular formula is C25H24F3NO5. The molecule has 3 aromatic rings. The van der Waals surface area contributed by atoms with Crippen molar-refractivity contribution in [2.45, 2.75) is 57.9 Å². The van der Waals surface area contributed by atoms with Gasteiger partial charge in [-0.3, -0.25) is 14.2 Å². The first kappa shape index (κ1) is 23.7. The molecule has 1 aliphatic rings. The normalized spacial score (nSPS) is 15.4. The number of phenols is 1. The maximum absolute atomic E-state index is 13.4. The van der Waals surface area contributed by atoms with Crippen LogP contribution in [0.1, 0.15) is 60.1 Å². The number of benzene rings is 2. The molecule has 1 aliphatic carbocycles. The number of aromatic nitrogens is 1. The lowest BCUT2D eigenvalue weighted by atomic mass is 9.97. The molecule has 1 unspecified atom stereocenters. The first-order valence-electron chi connectivity index (χ1n) is 11.0. The lowest BCUT2D eigenvalue weighted by Crippen LogP contribution is -2.20. The number of halogens is 3. The molecule has 1 fully saturated rings. The first-order valence-corrected chi connectivity index (χ1v) is 11.0. The van der Waals surface area contributed by atoms with E-state index in [1.165, 1.54) is 28.8 Å². The number of ether oxygens (including phenoxy) is 2. The molecule has 1 heterocycles. The van der Waals surface area contributed by atoms with E-state index in [0.29, 0.717) is 22.2 Å². The highest BCUT2D eigenvalue weighted by Gasteiger charge is 2.32. The van der Waals surface area contributed by atoms with E-state index in [-0.39, 0.29) is 17.4 Å². The first-order chi connectivity index (χ1) is 16.0. The molecule has 0 bridgehead atoms. The minimum atomic E-state index is -4.83. The SMILES string of the molecule is Cc1c(C(C)C(=O)OC2CCCC2)c2cc(O)ccc2n1C(=O)c1ccc(OC(F)(F)F)cc1. The summed E-state index contributed by atoms with van der Waals surface area (Å²) < 4.78 is 48.3. The Kier molecular flexibility index (Phi) is 6.29. The second-order valence-corrected chi connectivity index (χ2v) is 8.48. The highest BCUT2D eigenvalue weighted by Crippen LogP contribution is 2.36. The number of carbonyl (C=O) groups is 2. The number of fused-ring (bicyclic) bond motifs is 1. The van der Waals surface area contributed by atoms with Crippen LogP contribution in [0.15, 0.2) is 42.5 Å². The Bertz CT molecular complexity index is 1220. The number of rotatable bonds is 5. The van der Waals surface area contributed by atoms with Gasteiger partial charge in [-0.25, -0.2) is 0 Å². The Morgan fingerprint density at radius 3 is 2.35 bits per heavy atom. The maximum Gasteiger partial charge on any atom is 0.573 e. The maximum atomic E-state index is 13.4. The molecule has 0 aliphatic heterocycles. The number of phenolic OH excluding ortho intramolecular Hbond substituents is 1. The molecule has 34 heavy (non-hydrogen) atoms. The number of carbonyl (C=O) groups excluding carboxylic acids is 2. The topological polar surface area (TPSA) is 77.8 Å². The van der Waals surface area contributed by atoms with E-state index in [2.05, 4.69) is 4.74 Å². The number of nitrogens with zero attached hydrogens (tertiary/aromatic N) is 1. The Labute approximate surface area is 193 Å². The smallest absolute Gasteiger partial charge is 0.508 e. The molecular weight excluding hydrogens is 451 g/mol. The molecule has 9 heteroatoms.